The van der Waals surface area contributed by atoms with Crippen LogP contribution in [0, 0.1) is 0 Å². The van der Waals surface area contributed by atoms with Gasteiger partial charge in [0.15, 0.2) is 17.2 Å². The Morgan fingerprint density at radius 2 is 2.00 bits per heavy atom. The topological polar surface area (TPSA) is 134 Å². The van der Waals surface area contributed by atoms with Crippen LogP contribution in [0.2, 0.25) is 0 Å². The van der Waals surface area contributed by atoms with E-state index in [0.29, 0.717) is 55.4 Å². The summed E-state index contributed by atoms with van der Waals surface area (Å²) in [5.41, 5.74) is 6.80. The van der Waals surface area contributed by atoms with Crippen LogP contribution < -0.4 is 16.4 Å². The second-order valence-corrected chi connectivity index (χ2v) is 8.77. The Hall–Kier alpha value is -4.01. The molecule has 4 aromatic rings. The minimum absolute atomic E-state index is 0.106. The molecule has 0 aliphatic rings. The summed E-state index contributed by atoms with van der Waals surface area (Å²) in [5, 5.41) is 9.75. The van der Waals surface area contributed by atoms with Gasteiger partial charge in [0.2, 0.25) is 0 Å². The first-order valence-electron chi connectivity index (χ1n) is 12.7. The van der Waals surface area contributed by atoms with Crippen molar-refractivity contribution in [3.63, 3.8) is 0 Å². The summed E-state index contributed by atoms with van der Waals surface area (Å²) in [7, 11) is 1.47. The number of aryl methyl sites for hydroxylation is 1. The zero-order valence-corrected chi connectivity index (χ0v) is 22.2. The number of fused-ring (bicyclic) bond motifs is 1. The van der Waals surface area contributed by atoms with E-state index in [9.17, 15) is 18.0 Å². The molecule has 0 unspecified atom stereocenters. The lowest BCUT2D eigenvalue weighted by atomic mass is 10.0. The molecular formula is C26H31F3N8O3. The van der Waals surface area contributed by atoms with Crippen molar-refractivity contribution in [1.82, 2.24) is 29.5 Å². The molecule has 1 amide bonds. The van der Waals surface area contributed by atoms with Gasteiger partial charge in [-0.3, -0.25) is 13.9 Å². The monoisotopic (exact) mass is 560 g/mol. The summed E-state index contributed by atoms with van der Waals surface area (Å²) in [6, 6.07) is 5.27. The van der Waals surface area contributed by atoms with Gasteiger partial charge in [-0.15, -0.1) is 0 Å². The number of rotatable bonds is 13. The number of nitrogens with two attached hydrogens (primary N) is 1. The van der Waals surface area contributed by atoms with Crippen molar-refractivity contribution in [3.05, 3.63) is 59.8 Å². The predicted octanol–water partition coefficient (Wildman–Crippen LogP) is 3.27. The summed E-state index contributed by atoms with van der Waals surface area (Å²) in [6.45, 7) is 3.89. The molecule has 0 spiro atoms. The number of nitrogens with zero attached hydrogens (tertiary/aromatic N) is 5. The number of anilines is 2. The number of imidazole rings is 1. The van der Waals surface area contributed by atoms with E-state index < -0.39 is 11.9 Å². The van der Waals surface area contributed by atoms with Crippen LogP contribution in [0.4, 0.5) is 24.7 Å². The second-order valence-electron chi connectivity index (χ2n) is 8.77. The zero-order valence-electron chi connectivity index (χ0n) is 22.2. The molecule has 3 heterocycles. The summed E-state index contributed by atoms with van der Waals surface area (Å²) >= 11 is 0. The maximum Gasteiger partial charge on any atom is 0.435 e. The molecule has 0 bridgehead atoms. The fourth-order valence-corrected chi connectivity index (χ4v) is 4.16. The number of hydrogen-bond acceptors (Lipinski definition) is 8. The fourth-order valence-electron chi connectivity index (χ4n) is 4.16. The smallest absolute Gasteiger partial charge is 0.383 e. The van der Waals surface area contributed by atoms with Crippen LogP contribution in [0.5, 0.6) is 0 Å². The third-order valence-corrected chi connectivity index (χ3v) is 6.05. The SMILES string of the molecule is CCc1cc(Nc2nccn3c(-c4cn(CCOC)nc4C(F)(F)F)cnc23)ccc1C(=O)NCCOCCN. The molecule has 0 saturated carbocycles. The Labute approximate surface area is 228 Å². The van der Waals surface area contributed by atoms with Crippen molar-refractivity contribution in [2.24, 2.45) is 5.73 Å². The van der Waals surface area contributed by atoms with Crippen LogP contribution in [0.15, 0.2) is 43.0 Å². The highest BCUT2D eigenvalue weighted by atomic mass is 19.4. The number of amides is 1. The summed E-state index contributed by atoms with van der Waals surface area (Å²) < 4.78 is 54.5. The highest BCUT2D eigenvalue weighted by Gasteiger charge is 2.38. The number of ether oxygens (including phenoxy) is 2. The van der Waals surface area contributed by atoms with E-state index >= 15 is 0 Å². The summed E-state index contributed by atoms with van der Waals surface area (Å²) in [6.07, 6.45) is 1.64. The molecule has 214 valence electrons. The van der Waals surface area contributed by atoms with Crippen LogP contribution in [-0.2, 0) is 28.6 Å². The standard InChI is InChI=1S/C26H31F3N8O3/c1-3-17-14-18(4-5-19(17)25(38)32-8-12-40-11-6-30)34-23-24-33-15-21(37(24)9-7-31-23)20-16-36(10-13-39-2)35-22(20)26(27,28)29/h4-5,7,9,14-16H,3,6,8,10-13,30H2,1-2H3,(H,31,34)(H,32,38). The first-order chi connectivity index (χ1) is 19.3. The van der Waals surface area contributed by atoms with Crippen LogP contribution in [0.1, 0.15) is 28.5 Å². The third kappa shape index (κ3) is 6.58. The normalized spacial score (nSPS) is 11.8. The van der Waals surface area contributed by atoms with E-state index in [4.69, 9.17) is 15.2 Å². The quantitative estimate of drug-likeness (QED) is 0.212. The summed E-state index contributed by atoms with van der Waals surface area (Å²) in [4.78, 5) is 21.4. The number of nitrogens with one attached hydrogen (secondary N) is 2. The minimum Gasteiger partial charge on any atom is -0.383 e. The van der Waals surface area contributed by atoms with Crippen LogP contribution >= 0.6 is 0 Å². The number of methoxy groups -OCH3 is 1. The highest BCUT2D eigenvalue weighted by molar-refractivity contribution is 5.96. The van der Waals surface area contributed by atoms with Gasteiger partial charge in [-0.05, 0) is 30.2 Å². The van der Waals surface area contributed by atoms with Crippen LogP contribution in [0.3, 0.4) is 0 Å². The van der Waals surface area contributed by atoms with E-state index in [1.165, 1.54) is 41.0 Å². The average Bonchev–Trinajstić information content (AvgIpc) is 3.56. The Balaban J connectivity index is 1.59. The van der Waals surface area contributed by atoms with Crippen LogP contribution in [-0.4, -0.2) is 70.1 Å². The molecule has 40 heavy (non-hydrogen) atoms. The number of carbonyl (C=O) groups excluding carboxylic acids is 1. The summed E-state index contributed by atoms with van der Waals surface area (Å²) in [5.74, 6) is 0.120. The molecule has 0 aliphatic carbocycles. The lowest BCUT2D eigenvalue weighted by Gasteiger charge is -2.13. The fraction of sp³-hybridized carbons (Fsp3) is 0.385. The van der Waals surface area contributed by atoms with Gasteiger partial charge in [0.05, 0.1) is 43.8 Å². The van der Waals surface area contributed by atoms with Gasteiger partial charge in [0, 0.05) is 50.0 Å². The van der Waals surface area contributed by atoms with Gasteiger partial charge in [-0.2, -0.15) is 18.3 Å². The first kappa shape index (κ1) is 29.0. The maximum atomic E-state index is 13.8. The van der Waals surface area contributed by atoms with E-state index in [1.807, 2.05) is 13.0 Å². The molecule has 14 heteroatoms. The predicted molar refractivity (Wildman–Crippen MR) is 142 cm³/mol. The number of benzene rings is 1. The van der Waals surface area contributed by atoms with Crippen molar-refractivity contribution in [3.8, 4) is 11.3 Å². The van der Waals surface area contributed by atoms with E-state index in [2.05, 4.69) is 25.7 Å². The molecule has 0 radical (unpaired) electrons. The molecule has 11 nitrogen and oxygen atoms in total. The number of hydrogen-bond donors (Lipinski definition) is 3. The molecule has 0 aliphatic heterocycles. The molecule has 0 saturated heterocycles. The second kappa shape index (κ2) is 12.9. The van der Waals surface area contributed by atoms with Gasteiger partial charge >= 0.3 is 6.18 Å². The molecular weight excluding hydrogens is 529 g/mol. The Morgan fingerprint density at radius 1 is 1.18 bits per heavy atom. The molecule has 3 aromatic heterocycles. The van der Waals surface area contributed by atoms with Gasteiger partial charge < -0.3 is 25.8 Å². The molecule has 1 aromatic carbocycles. The van der Waals surface area contributed by atoms with E-state index in [0.717, 1.165) is 5.56 Å². The molecule has 4 N–H and O–H groups in total. The zero-order chi connectivity index (χ0) is 28.7. The maximum absolute atomic E-state index is 13.8. The highest BCUT2D eigenvalue weighted by Crippen LogP contribution is 2.37. The number of alkyl halides is 3. The number of aromatic nitrogens is 5. The van der Waals surface area contributed by atoms with Gasteiger partial charge in [0.1, 0.15) is 0 Å². The van der Waals surface area contributed by atoms with Gasteiger partial charge in [-0.1, -0.05) is 6.92 Å². The Bertz CT molecular complexity index is 1450. The first-order valence-corrected chi connectivity index (χ1v) is 12.7. The van der Waals surface area contributed by atoms with E-state index in [-0.39, 0.29) is 30.3 Å². The number of carbonyl (C=O) groups is 1. The van der Waals surface area contributed by atoms with Crippen molar-refractivity contribution >= 4 is 23.1 Å². The minimum atomic E-state index is -4.66. The Morgan fingerprint density at radius 3 is 2.73 bits per heavy atom. The average molecular weight is 561 g/mol. The molecule has 0 atom stereocenters. The van der Waals surface area contributed by atoms with Gasteiger partial charge in [0.25, 0.3) is 5.91 Å². The molecule has 4 rings (SSSR count). The Kier molecular flexibility index (Phi) is 9.34. The van der Waals surface area contributed by atoms with Crippen LogP contribution in [0.25, 0.3) is 16.9 Å². The van der Waals surface area contributed by atoms with Crippen molar-refractivity contribution in [1.29, 1.82) is 0 Å². The number of halogens is 3. The largest absolute Gasteiger partial charge is 0.435 e. The van der Waals surface area contributed by atoms with Crippen molar-refractivity contribution < 1.29 is 27.4 Å². The van der Waals surface area contributed by atoms with E-state index in [1.54, 1.807) is 12.1 Å². The van der Waals surface area contributed by atoms with Crippen molar-refractivity contribution in [2.45, 2.75) is 26.1 Å². The molecule has 0 fully saturated rings. The third-order valence-electron chi connectivity index (χ3n) is 6.05. The van der Waals surface area contributed by atoms with Gasteiger partial charge in [-0.25, -0.2) is 9.97 Å². The lowest BCUT2D eigenvalue weighted by molar-refractivity contribution is -0.141. The lowest BCUT2D eigenvalue weighted by Crippen LogP contribution is -2.28. The van der Waals surface area contributed by atoms with Crippen molar-refractivity contribution in [2.75, 3.05) is 45.3 Å².